The Morgan fingerprint density at radius 1 is 1.55 bits per heavy atom. The molecule has 0 aliphatic heterocycles. The lowest BCUT2D eigenvalue weighted by Crippen LogP contribution is -2.18. The number of rotatable bonds is 5. The Hall–Kier alpha value is -0.180. The summed E-state index contributed by atoms with van der Waals surface area (Å²) >= 11 is 0. The third-order valence-corrected chi connectivity index (χ3v) is 2.13. The molecule has 2 unspecified atom stereocenters. The first kappa shape index (κ1) is 8.91. The minimum atomic E-state index is -2.09. The fourth-order valence-electron chi connectivity index (χ4n) is 1.28. The summed E-state index contributed by atoms with van der Waals surface area (Å²) in [5, 5.41) is 3.15. The Bertz CT molecular complexity index is 117. The molecule has 0 aromatic rings. The molecule has 0 spiro atoms. The molecule has 3 heteroatoms. The third kappa shape index (κ3) is 2.73. The standard InChI is InChI=1S/C8H15F2N/c1-2-3-11-5-6-4-7(6)8(9)10/h6-8,11H,2-5H2,1H3. The molecule has 66 valence electrons. The third-order valence-electron chi connectivity index (χ3n) is 2.13. The van der Waals surface area contributed by atoms with Crippen LogP contribution in [-0.4, -0.2) is 19.5 Å². The zero-order valence-corrected chi connectivity index (χ0v) is 6.82. The summed E-state index contributed by atoms with van der Waals surface area (Å²) in [6.45, 7) is 3.81. The lowest BCUT2D eigenvalue weighted by atomic mass is 10.3. The second kappa shape index (κ2) is 4.00. The Morgan fingerprint density at radius 3 is 2.73 bits per heavy atom. The van der Waals surface area contributed by atoms with Crippen molar-refractivity contribution in [1.82, 2.24) is 5.32 Å². The number of alkyl halides is 2. The van der Waals surface area contributed by atoms with Crippen LogP contribution in [0.2, 0.25) is 0 Å². The Labute approximate surface area is 66.2 Å². The van der Waals surface area contributed by atoms with E-state index in [4.69, 9.17) is 0 Å². The first-order valence-electron chi connectivity index (χ1n) is 4.24. The van der Waals surface area contributed by atoms with Gasteiger partial charge in [0.1, 0.15) is 0 Å². The summed E-state index contributed by atoms with van der Waals surface area (Å²) in [6.07, 6.45) is -0.302. The maximum Gasteiger partial charge on any atom is 0.241 e. The van der Waals surface area contributed by atoms with Crippen molar-refractivity contribution >= 4 is 0 Å². The van der Waals surface area contributed by atoms with Crippen molar-refractivity contribution in [2.24, 2.45) is 11.8 Å². The molecule has 0 saturated heterocycles. The minimum absolute atomic E-state index is 0.251. The summed E-state index contributed by atoms with van der Waals surface area (Å²) in [5.74, 6) is -0.0547. The molecule has 1 fully saturated rings. The molecule has 1 nitrogen and oxygen atoms in total. The predicted molar refractivity (Wildman–Crippen MR) is 40.8 cm³/mol. The zero-order chi connectivity index (χ0) is 8.27. The average molecular weight is 163 g/mol. The van der Waals surface area contributed by atoms with Gasteiger partial charge in [-0.05, 0) is 31.8 Å². The highest BCUT2D eigenvalue weighted by molar-refractivity contribution is 4.89. The predicted octanol–water partition coefficient (Wildman–Crippen LogP) is 1.89. The molecule has 0 aromatic heterocycles. The van der Waals surface area contributed by atoms with Crippen molar-refractivity contribution in [1.29, 1.82) is 0 Å². The van der Waals surface area contributed by atoms with Crippen LogP contribution in [0.5, 0.6) is 0 Å². The molecule has 0 bridgehead atoms. The van der Waals surface area contributed by atoms with E-state index in [1.807, 2.05) is 0 Å². The summed E-state index contributed by atoms with van der Waals surface area (Å²) in [6, 6.07) is 0. The van der Waals surface area contributed by atoms with E-state index >= 15 is 0 Å². The molecule has 1 rings (SSSR count). The van der Waals surface area contributed by atoms with Crippen LogP contribution in [0.15, 0.2) is 0 Å². The van der Waals surface area contributed by atoms with E-state index < -0.39 is 6.43 Å². The van der Waals surface area contributed by atoms with Crippen LogP contribution < -0.4 is 5.32 Å². The molecule has 0 amide bonds. The fourth-order valence-corrected chi connectivity index (χ4v) is 1.28. The van der Waals surface area contributed by atoms with E-state index in [2.05, 4.69) is 12.2 Å². The second-order valence-corrected chi connectivity index (χ2v) is 3.20. The summed E-state index contributed by atoms with van der Waals surface area (Å²) < 4.78 is 23.9. The van der Waals surface area contributed by atoms with Gasteiger partial charge in [-0.2, -0.15) is 0 Å². The van der Waals surface area contributed by atoms with Crippen LogP contribution in [0.25, 0.3) is 0 Å². The molecule has 0 aromatic carbocycles. The second-order valence-electron chi connectivity index (χ2n) is 3.20. The molecule has 1 aliphatic carbocycles. The molecule has 1 aliphatic rings. The zero-order valence-electron chi connectivity index (χ0n) is 6.82. The van der Waals surface area contributed by atoms with Crippen LogP contribution in [0.4, 0.5) is 8.78 Å². The quantitative estimate of drug-likeness (QED) is 0.610. The van der Waals surface area contributed by atoms with Crippen LogP contribution >= 0.6 is 0 Å². The largest absolute Gasteiger partial charge is 0.316 e. The van der Waals surface area contributed by atoms with E-state index in [9.17, 15) is 8.78 Å². The summed E-state index contributed by atoms with van der Waals surface area (Å²) in [5.41, 5.74) is 0. The lowest BCUT2D eigenvalue weighted by Gasteiger charge is -2.00. The first-order chi connectivity index (χ1) is 5.25. The van der Waals surface area contributed by atoms with Gasteiger partial charge in [0, 0.05) is 5.92 Å². The SMILES string of the molecule is CCCNCC1CC1C(F)F. The van der Waals surface area contributed by atoms with Crippen LogP contribution in [0.1, 0.15) is 19.8 Å². The first-order valence-corrected chi connectivity index (χ1v) is 4.24. The van der Waals surface area contributed by atoms with Gasteiger partial charge in [-0.3, -0.25) is 0 Å². The van der Waals surface area contributed by atoms with E-state index in [0.29, 0.717) is 6.42 Å². The van der Waals surface area contributed by atoms with Crippen LogP contribution in [0, 0.1) is 11.8 Å². The van der Waals surface area contributed by atoms with Gasteiger partial charge in [-0.25, -0.2) is 8.78 Å². The van der Waals surface area contributed by atoms with Gasteiger partial charge in [-0.15, -0.1) is 0 Å². The smallest absolute Gasteiger partial charge is 0.241 e. The van der Waals surface area contributed by atoms with Crippen molar-refractivity contribution in [2.75, 3.05) is 13.1 Å². The molecule has 2 atom stereocenters. The van der Waals surface area contributed by atoms with E-state index in [1.54, 1.807) is 0 Å². The van der Waals surface area contributed by atoms with Gasteiger partial charge in [0.15, 0.2) is 0 Å². The fraction of sp³-hybridized carbons (Fsp3) is 1.00. The van der Waals surface area contributed by atoms with E-state index in [0.717, 1.165) is 19.5 Å². The van der Waals surface area contributed by atoms with Gasteiger partial charge in [0.2, 0.25) is 6.43 Å². The number of hydrogen-bond acceptors (Lipinski definition) is 1. The van der Waals surface area contributed by atoms with E-state index in [1.165, 1.54) is 0 Å². The van der Waals surface area contributed by atoms with Crippen LogP contribution in [-0.2, 0) is 0 Å². The van der Waals surface area contributed by atoms with Crippen molar-refractivity contribution in [3.05, 3.63) is 0 Å². The Balaban J connectivity index is 1.96. The monoisotopic (exact) mass is 163 g/mol. The van der Waals surface area contributed by atoms with Gasteiger partial charge in [0.05, 0.1) is 0 Å². The maximum atomic E-state index is 12.0. The van der Waals surface area contributed by atoms with Crippen molar-refractivity contribution < 1.29 is 8.78 Å². The highest BCUT2D eigenvalue weighted by Gasteiger charge is 2.43. The highest BCUT2D eigenvalue weighted by Crippen LogP contribution is 2.42. The summed E-state index contributed by atoms with van der Waals surface area (Å²) in [4.78, 5) is 0. The van der Waals surface area contributed by atoms with Gasteiger partial charge >= 0.3 is 0 Å². The number of halogens is 2. The molecule has 0 heterocycles. The van der Waals surface area contributed by atoms with Crippen LogP contribution in [0.3, 0.4) is 0 Å². The molecule has 1 N–H and O–H groups in total. The molecular weight excluding hydrogens is 148 g/mol. The van der Waals surface area contributed by atoms with Gasteiger partial charge < -0.3 is 5.32 Å². The molecule has 0 radical (unpaired) electrons. The number of nitrogens with one attached hydrogen (secondary N) is 1. The average Bonchev–Trinajstić information content (AvgIpc) is 2.68. The molecular formula is C8H15F2N. The topological polar surface area (TPSA) is 12.0 Å². The minimum Gasteiger partial charge on any atom is -0.316 e. The highest BCUT2D eigenvalue weighted by atomic mass is 19.3. The maximum absolute atomic E-state index is 12.0. The number of hydrogen-bond donors (Lipinski definition) is 1. The summed E-state index contributed by atoms with van der Waals surface area (Å²) in [7, 11) is 0. The molecule has 11 heavy (non-hydrogen) atoms. The normalized spacial score (nSPS) is 29.5. The van der Waals surface area contributed by atoms with Gasteiger partial charge in [-0.1, -0.05) is 6.92 Å². The lowest BCUT2D eigenvalue weighted by molar-refractivity contribution is 0.116. The van der Waals surface area contributed by atoms with Crippen molar-refractivity contribution in [2.45, 2.75) is 26.2 Å². The van der Waals surface area contributed by atoms with Crippen molar-refractivity contribution in [3.8, 4) is 0 Å². The Kier molecular flexibility index (Phi) is 3.24. The van der Waals surface area contributed by atoms with Crippen molar-refractivity contribution in [3.63, 3.8) is 0 Å². The van der Waals surface area contributed by atoms with E-state index in [-0.39, 0.29) is 11.8 Å². The molecule has 1 saturated carbocycles. The Morgan fingerprint density at radius 2 is 2.27 bits per heavy atom. The van der Waals surface area contributed by atoms with Gasteiger partial charge in [0.25, 0.3) is 0 Å².